The zero-order valence-electron chi connectivity index (χ0n) is 11.2. The third kappa shape index (κ3) is 4.79. The largest absolute Gasteiger partial charge is 0.355 e. The van der Waals surface area contributed by atoms with E-state index in [2.05, 4.69) is 16.0 Å². The molecule has 5 nitrogen and oxygen atoms in total. The second-order valence-corrected chi connectivity index (χ2v) is 4.91. The topological polar surface area (TPSA) is 70.2 Å². The Morgan fingerprint density at radius 1 is 1.32 bits per heavy atom. The van der Waals surface area contributed by atoms with Gasteiger partial charge in [-0.3, -0.25) is 4.79 Å². The molecule has 104 valence electrons. The van der Waals surface area contributed by atoms with E-state index in [-0.39, 0.29) is 11.9 Å². The maximum atomic E-state index is 11.6. The maximum Gasteiger partial charge on any atom is 0.319 e. The third-order valence-electron chi connectivity index (χ3n) is 2.37. The summed E-state index contributed by atoms with van der Waals surface area (Å²) in [5, 5.41) is 8.17. The smallest absolute Gasteiger partial charge is 0.319 e. The van der Waals surface area contributed by atoms with Gasteiger partial charge in [0.25, 0.3) is 5.91 Å². The SMILES string of the molecule is CNC(=O)c1ccc(NC(=O)NCC(C)C)cc1Cl. The fraction of sp³-hybridized carbons (Fsp3) is 0.385. The van der Waals surface area contributed by atoms with Crippen LogP contribution in [0.5, 0.6) is 0 Å². The van der Waals surface area contributed by atoms with Crippen LogP contribution in [-0.4, -0.2) is 25.5 Å². The molecule has 0 radical (unpaired) electrons. The number of anilines is 1. The van der Waals surface area contributed by atoms with Crippen LogP contribution in [0, 0.1) is 5.92 Å². The minimum absolute atomic E-state index is 0.263. The first-order valence-corrected chi connectivity index (χ1v) is 6.38. The van der Waals surface area contributed by atoms with Crippen LogP contribution >= 0.6 is 11.6 Å². The minimum atomic E-state index is -0.294. The van der Waals surface area contributed by atoms with Gasteiger partial charge < -0.3 is 16.0 Å². The molecule has 1 rings (SSSR count). The summed E-state index contributed by atoms with van der Waals surface area (Å²) >= 11 is 5.98. The van der Waals surface area contributed by atoms with Gasteiger partial charge in [-0.05, 0) is 24.1 Å². The Morgan fingerprint density at radius 3 is 2.53 bits per heavy atom. The van der Waals surface area contributed by atoms with Crippen molar-refractivity contribution in [1.29, 1.82) is 0 Å². The van der Waals surface area contributed by atoms with Crippen LogP contribution in [0.3, 0.4) is 0 Å². The van der Waals surface area contributed by atoms with Gasteiger partial charge in [-0.25, -0.2) is 4.79 Å². The standard InChI is InChI=1S/C13H18ClN3O2/c1-8(2)7-16-13(19)17-9-4-5-10(11(14)6-9)12(18)15-3/h4-6,8H,7H2,1-3H3,(H,15,18)(H2,16,17,19). The highest BCUT2D eigenvalue weighted by molar-refractivity contribution is 6.34. The van der Waals surface area contributed by atoms with Crippen molar-refractivity contribution < 1.29 is 9.59 Å². The van der Waals surface area contributed by atoms with Gasteiger partial charge in [-0.1, -0.05) is 25.4 Å². The molecule has 0 fully saturated rings. The van der Waals surface area contributed by atoms with Crippen LogP contribution in [0.25, 0.3) is 0 Å². The summed E-state index contributed by atoms with van der Waals surface area (Å²) in [6.45, 7) is 4.61. The molecule has 0 atom stereocenters. The summed E-state index contributed by atoms with van der Waals surface area (Å²) in [5.74, 6) is 0.116. The average Bonchev–Trinajstić information content (AvgIpc) is 2.35. The molecule has 3 amide bonds. The Bertz CT molecular complexity index is 475. The quantitative estimate of drug-likeness (QED) is 0.794. The zero-order valence-corrected chi connectivity index (χ0v) is 12.0. The number of carbonyl (C=O) groups is 2. The predicted molar refractivity (Wildman–Crippen MR) is 76.7 cm³/mol. The van der Waals surface area contributed by atoms with Gasteiger partial charge in [-0.15, -0.1) is 0 Å². The normalized spacial score (nSPS) is 10.2. The number of carbonyl (C=O) groups excluding carboxylic acids is 2. The number of rotatable bonds is 4. The van der Waals surface area contributed by atoms with Crippen LogP contribution in [-0.2, 0) is 0 Å². The van der Waals surface area contributed by atoms with E-state index in [1.165, 1.54) is 7.05 Å². The summed E-state index contributed by atoms with van der Waals surface area (Å²) in [7, 11) is 1.53. The van der Waals surface area contributed by atoms with Crippen molar-refractivity contribution in [2.45, 2.75) is 13.8 Å². The van der Waals surface area contributed by atoms with Gasteiger partial charge in [0.2, 0.25) is 0 Å². The van der Waals surface area contributed by atoms with Gasteiger partial charge in [0.1, 0.15) is 0 Å². The maximum absolute atomic E-state index is 11.6. The summed E-state index contributed by atoms with van der Waals surface area (Å²) in [4.78, 5) is 23.0. The van der Waals surface area contributed by atoms with E-state index >= 15 is 0 Å². The summed E-state index contributed by atoms with van der Waals surface area (Å²) in [6.07, 6.45) is 0. The molecule has 6 heteroatoms. The first-order valence-electron chi connectivity index (χ1n) is 6.00. The Kier molecular flexibility index (Phi) is 5.63. The molecule has 0 heterocycles. The third-order valence-corrected chi connectivity index (χ3v) is 2.68. The number of benzene rings is 1. The van der Waals surface area contributed by atoms with Crippen molar-refractivity contribution in [3.63, 3.8) is 0 Å². The van der Waals surface area contributed by atoms with Gasteiger partial charge >= 0.3 is 6.03 Å². The first kappa shape index (κ1) is 15.3. The summed E-state index contributed by atoms with van der Waals surface area (Å²) < 4.78 is 0. The van der Waals surface area contributed by atoms with E-state index < -0.39 is 0 Å². The minimum Gasteiger partial charge on any atom is -0.355 e. The Labute approximate surface area is 117 Å². The van der Waals surface area contributed by atoms with E-state index in [0.29, 0.717) is 28.7 Å². The molecular formula is C13H18ClN3O2. The second kappa shape index (κ2) is 6.99. The Morgan fingerprint density at radius 2 is 2.00 bits per heavy atom. The Balaban J connectivity index is 2.68. The van der Waals surface area contributed by atoms with Crippen LogP contribution in [0.1, 0.15) is 24.2 Å². The molecule has 1 aromatic rings. The fourth-order valence-corrected chi connectivity index (χ4v) is 1.65. The predicted octanol–water partition coefficient (Wildman–Crippen LogP) is 2.48. The molecule has 0 aromatic heterocycles. The van der Waals surface area contributed by atoms with Crippen molar-refractivity contribution in [2.24, 2.45) is 5.92 Å². The average molecular weight is 284 g/mol. The van der Waals surface area contributed by atoms with Gasteiger partial charge in [0.15, 0.2) is 0 Å². The van der Waals surface area contributed by atoms with E-state index in [1.807, 2.05) is 13.8 Å². The molecule has 0 aliphatic rings. The van der Waals surface area contributed by atoms with Crippen LogP contribution in [0.15, 0.2) is 18.2 Å². The lowest BCUT2D eigenvalue weighted by Crippen LogP contribution is -2.31. The van der Waals surface area contributed by atoms with Crippen LogP contribution in [0.2, 0.25) is 5.02 Å². The zero-order chi connectivity index (χ0) is 14.4. The fourth-order valence-electron chi connectivity index (χ4n) is 1.38. The molecule has 0 saturated carbocycles. The van der Waals surface area contributed by atoms with E-state index in [9.17, 15) is 9.59 Å². The highest BCUT2D eigenvalue weighted by atomic mass is 35.5. The Hall–Kier alpha value is -1.75. The van der Waals surface area contributed by atoms with Crippen LogP contribution < -0.4 is 16.0 Å². The molecule has 1 aromatic carbocycles. The molecule has 0 aliphatic heterocycles. The van der Waals surface area contributed by atoms with Gasteiger partial charge in [0.05, 0.1) is 10.6 Å². The van der Waals surface area contributed by atoms with Crippen molar-refractivity contribution in [1.82, 2.24) is 10.6 Å². The lowest BCUT2D eigenvalue weighted by atomic mass is 10.2. The van der Waals surface area contributed by atoms with Crippen molar-refractivity contribution in [3.8, 4) is 0 Å². The molecule has 0 unspecified atom stereocenters. The highest BCUT2D eigenvalue weighted by Crippen LogP contribution is 2.20. The van der Waals surface area contributed by atoms with Crippen LogP contribution in [0.4, 0.5) is 10.5 Å². The number of urea groups is 1. The molecule has 0 spiro atoms. The van der Waals surface area contributed by atoms with Crippen molar-refractivity contribution in [3.05, 3.63) is 28.8 Å². The summed E-state index contributed by atoms with van der Waals surface area (Å²) in [6, 6.07) is 4.45. The second-order valence-electron chi connectivity index (χ2n) is 4.50. The molecule has 0 bridgehead atoms. The number of hydrogen-bond acceptors (Lipinski definition) is 2. The van der Waals surface area contributed by atoms with Gasteiger partial charge in [-0.2, -0.15) is 0 Å². The van der Waals surface area contributed by atoms with Crippen molar-refractivity contribution >= 4 is 29.2 Å². The molecule has 3 N–H and O–H groups in total. The van der Waals surface area contributed by atoms with E-state index in [0.717, 1.165) is 0 Å². The van der Waals surface area contributed by atoms with Gasteiger partial charge in [0, 0.05) is 19.3 Å². The molecule has 0 aliphatic carbocycles. The first-order chi connectivity index (χ1) is 8.93. The number of nitrogens with one attached hydrogen (secondary N) is 3. The lowest BCUT2D eigenvalue weighted by molar-refractivity contribution is 0.0963. The summed E-state index contributed by atoms with van der Waals surface area (Å²) in [5.41, 5.74) is 0.913. The highest BCUT2D eigenvalue weighted by Gasteiger charge is 2.10. The number of amides is 3. The molecule has 0 saturated heterocycles. The molecule has 19 heavy (non-hydrogen) atoms. The monoisotopic (exact) mass is 283 g/mol. The van der Waals surface area contributed by atoms with E-state index in [1.54, 1.807) is 18.2 Å². The number of hydrogen-bond donors (Lipinski definition) is 3. The van der Waals surface area contributed by atoms with Crippen molar-refractivity contribution in [2.75, 3.05) is 18.9 Å². The molecular weight excluding hydrogens is 266 g/mol. The number of halogens is 1. The lowest BCUT2D eigenvalue weighted by Gasteiger charge is -2.10. The van der Waals surface area contributed by atoms with E-state index in [4.69, 9.17) is 11.6 Å².